The number of carbonyl (C=O) groups is 1. The van der Waals surface area contributed by atoms with E-state index in [9.17, 15) is 4.79 Å². The molecule has 2 aromatic carbocycles. The normalized spacial score (nSPS) is 15.4. The van der Waals surface area contributed by atoms with Gasteiger partial charge in [-0.1, -0.05) is 24.3 Å². The number of benzene rings is 2. The van der Waals surface area contributed by atoms with Crippen LogP contribution in [-0.4, -0.2) is 35.0 Å². The Bertz CT molecular complexity index is 993. The highest BCUT2D eigenvalue weighted by Crippen LogP contribution is 2.31. The predicted molar refractivity (Wildman–Crippen MR) is 112 cm³/mol. The molecule has 1 aliphatic heterocycles. The first-order valence-corrected chi connectivity index (χ1v) is 10.0. The van der Waals surface area contributed by atoms with E-state index >= 15 is 0 Å². The van der Waals surface area contributed by atoms with E-state index in [2.05, 4.69) is 36.2 Å². The van der Waals surface area contributed by atoms with Gasteiger partial charge in [-0.3, -0.25) is 9.78 Å². The predicted octanol–water partition coefficient (Wildman–Crippen LogP) is 4.99. The molecule has 144 valence electrons. The van der Waals surface area contributed by atoms with E-state index in [1.165, 1.54) is 17.5 Å². The van der Waals surface area contributed by atoms with Crippen molar-refractivity contribution in [3.8, 4) is 16.9 Å². The molecule has 1 aliphatic rings. The van der Waals surface area contributed by atoms with Crippen molar-refractivity contribution in [3.05, 3.63) is 60.3 Å². The van der Waals surface area contributed by atoms with Gasteiger partial charge in [0.2, 0.25) is 0 Å². The summed E-state index contributed by atoms with van der Waals surface area (Å²) in [6.07, 6.45) is 4.71. The van der Waals surface area contributed by atoms with Crippen LogP contribution in [0, 0.1) is 6.92 Å². The van der Waals surface area contributed by atoms with E-state index in [0.717, 1.165) is 42.4 Å². The summed E-state index contributed by atoms with van der Waals surface area (Å²) in [5.74, 6) is 0.751. The number of nitrogens with zero attached hydrogens (tertiary/aromatic N) is 2. The van der Waals surface area contributed by atoms with Gasteiger partial charge in [-0.05, 0) is 68.0 Å². The van der Waals surface area contributed by atoms with Crippen molar-refractivity contribution < 1.29 is 9.53 Å². The van der Waals surface area contributed by atoms with Gasteiger partial charge in [0.15, 0.2) is 6.10 Å². The van der Waals surface area contributed by atoms with Crippen molar-refractivity contribution >= 4 is 16.8 Å². The Morgan fingerprint density at radius 2 is 1.82 bits per heavy atom. The van der Waals surface area contributed by atoms with Crippen molar-refractivity contribution in [3.63, 3.8) is 0 Å². The number of ether oxygens (including phenoxy) is 1. The Labute approximate surface area is 166 Å². The van der Waals surface area contributed by atoms with Crippen LogP contribution in [0.15, 0.2) is 54.7 Å². The molecule has 28 heavy (non-hydrogen) atoms. The van der Waals surface area contributed by atoms with Crippen molar-refractivity contribution in [1.82, 2.24) is 9.88 Å². The molecule has 1 aromatic heterocycles. The van der Waals surface area contributed by atoms with Crippen molar-refractivity contribution in [2.45, 2.75) is 39.2 Å². The van der Waals surface area contributed by atoms with Gasteiger partial charge in [0.05, 0.1) is 5.52 Å². The van der Waals surface area contributed by atoms with E-state index in [4.69, 9.17) is 4.74 Å². The first kappa shape index (κ1) is 18.5. The Morgan fingerprint density at radius 3 is 2.61 bits per heavy atom. The molecule has 1 amide bonds. The highest BCUT2D eigenvalue weighted by Gasteiger charge is 2.23. The van der Waals surface area contributed by atoms with Gasteiger partial charge >= 0.3 is 0 Å². The topological polar surface area (TPSA) is 42.4 Å². The molecule has 1 atom stereocenters. The number of aromatic nitrogens is 1. The number of carbonyl (C=O) groups excluding carboxylic acids is 1. The minimum Gasteiger partial charge on any atom is -0.481 e. The van der Waals surface area contributed by atoms with Crippen LogP contribution in [0.3, 0.4) is 0 Å². The van der Waals surface area contributed by atoms with Crippen LogP contribution in [0.1, 0.15) is 31.7 Å². The molecule has 0 bridgehead atoms. The molecule has 4 rings (SSSR count). The second kappa shape index (κ2) is 8.01. The molecule has 0 N–H and O–H groups in total. The summed E-state index contributed by atoms with van der Waals surface area (Å²) in [5.41, 5.74) is 4.47. The number of piperidine rings is 1. The molecule has 3 aromatic rings. The Kier molecular flexibility index (Phi) is 5.29. The summed E-state index contributed by atoms with van der Waals surface area (Å²) >= 11 is 0. The fraction of sp³-hybridized carbons (Fsp3) is 0.333. The van der Waals surface area contributed by atoms with Crippen LogP contribution in [0.4, 0.5) is 0 Å². The first-order valence-electron chi connectivity index (χ1n) is 10.0. The van der Waals surface area contributed by atoms with Gasteiger partial charge in [-0.25, -0.2) is 0 Å². The van der Waals surface area contributed by atoms with E-state index < -0.39 is 6.10 Å². The van der Waals surface area contributed by atoms with Crippen LogP contribution in [0.2, 0.25) is 0 Å². The zero-order chi connectivity index (χ0) is 19.5. The molecule has 0 aliphatic carbocycles. The monoisotopic (exact) mass is 374 g/mol. The number of hydrogen-bond donors (Lipinski definition) is 0. The maximum absolute atomic E-state index is 12.6. The molecule has 1 saturated heterocycles. The van der Waals surface area contributed by atoms with E-state index in [1.807, 2.05) is 42.3 Å². The third-order valence-corrected chi connectivity index (χ3v) is 5.48. The van der Waals surface area contributed by atoms with Crippen LogP contribution in [0.5, 0.6) is 5.75 Å². The number of fused-ring (bicyclic) bond motifs is 1. The van der Waals surface area contributed by atoms with Crippen LogP contribution < -0.4 is 4.74 Å². The first-order chi connectivity index (χ1) is 13.6. The molecule has 0 spiro atoms. The minimum atomic E-state index is -0.491. The van der Waals surface area contributed by atoms with Crippen LogP contribution in [-0.2, 0) is 4.79 Å². The second-order valence-electron chi connectivity index (χ2n) is 7.50. The molecule has 2 heterocycles. The largest absolute Gasteiger partial charge is 0.481 e. The highest BCUT2D eigenvalue weighted by molar-refractivity contribution is 5.95. The lowest BCUT2D eigenvalue weighted by atomic mass is 9.97. The van der Waals surface area contributed by atoms with Gasteiger partial charge in [0, 0.05) is 30.7 Å². The molecule has 0 saturated carbocycles. The zero-order valence-electron chi connectivity index (χ0n) is 16.5. The van der Waals surface area contributed by atoms with Crippen molar-refractivity contribution in [2.75, 3.05) is 13.1 Å². The Morgan fingerprint density at radius 1 is 1.04 bits per heavy atom. The van der Waals surface area contributed by atoms with Crippen molar-refractivity contribution in [2.24, 2.45) is 0 Å². The molecule has 4 heteroatoms. The van der Waals surface area contributed by atoms with Gasteiger partial charge in [-0.15, -0.1) is 0 Å². The molecular weight excluding hydrogens is 348 g/mol. The zero-order valence-corrected chi connectivity index (χ0v) is 16.5. The molecular formula is C24H26N2O2. The highest BCUT2D eigenvalue weighted by atomic mass is 16.5. The van der Waals surface area contributed by atoms with Gasteiger partial charge in [0.25, 0.3) is 5.91 Å². The lowest BCUT2D eigenvalue weighted by Gasteiger charge is -2.29. The average Bonchev–Trinajstić information content (AvgIpc) is 2.73. The number of rotatable bonds is 4. The summed E-state index contributed by atoms with van der Waals surface area (Å²) in [7, 11) is 0. The lowest BCUT2D eigenvalue weighted by molar-refractivity contribution is -0.138. The number of amides is 1. The third kappa shape index (κ3) is 3.72. The number of hydrogen-bond acceptors (Lipinski definition) is 3. The Balaban J connectivity index is 1.58. The summed E-state index contributed by atoms with van der Waals surface area (Å²) in [4.78, 5) is 19.1. The Hall–Kier alpha value is -2.88. The van der Waals surface area contributed by atoms with E-state index in [0.29, 0.717) is 5.75 Å². The van der Waals surface area contributed by atoms with E-state index in [1.54, 1.807) is 0 Å². The van der Waals surface area contributed by atoms with E-state index in [-0.39, 0.29) is 5.91 Å². The third-order valence-electron chi connectivity index (χ3n) is 5.48. The van der Waals surface area contributed by atoms with Crippen LogP contribution >= 0.6 is 0 Å². The molecule has 0 radical (unpaired) electrons. The van der Waals surface area contributed by atoms with Gasteiger partial charge in [0.1, 0.15) is 5.75 Å². The fourth-order valence-electron chi connectivity index (χ4n) is 3.94. The second-order valence-corrected chi connectivity index (χ2v) is 7.50. The fourth-order valence-corrected chi connectivity index (χ4v) is 3.94. The molecule has 1 unspecified atom stereocenters. The quantitative estimate of drug-likeness (QED) is 0.646. The summed E-state index contributed by atoms with van der Waals surface area (Å²) in [6.45, 7) is 5.63. The maximum Gasteiger partial charge on any atom is 0.263 e. The van der Waals surface area contributed by atoms with Gasteiger partial charge in [-0.2, -0.15) is 0 Å². The lowest BCUT2D eigenvalue weighted by Crippen LogP contribution is -2.43. The number of pyridine rings is 1. The molecule has 1 fully saturated rings. The van der Waals surface area contributed by atoms with Gasteiger partial charge < -0.3 is 9.64 Å². The number of likely N-dealkylation sites (tertiary alicyclic amines) is 1. The summed E-state index contributed by atoms with van der Waals surface area (Å²) in [6, 6.07) is 16.3. The average molecular weight is 374 g/mol. The maximum atomic E-state index is 12.6. The smallest absolute Gasteiger partial charge is 0.263 e. The molecule has 4 nitrogen and oxygen atoms in total. The minimum absolute atomic E-state index is 0.0708. The van der Waals surface area contributed by atoms with Crippen molar-refractivity contribution in [1.29, 1.82) is 0 Å². The number of aryl methyl sites for hydroxylation is 1. The van der Waals surface area contributed by atoms with Crippen LogP contribution in [0.25, 0.3) is 22.0 Å². The SMILES string of the molecule is Cc1ccccc1-c1ccnc2cc(OC(C)C(=O)N3CCCCC3)ccc12. The summed E-state index contributed by atoms with van der Waals surface area (Å²) < 4.78 is 5.98. The standard InChI is InChI=1S/C24H26N2O2/c1-17-8-4-5-9-20(17)21-12-13-25-23-16-19(10-11-22(21)23)28-18(2)24(27)26-14-6-3-7-15-26/h4-5,8-13,16,18H,3,6-7,14-15H2,1-2H3. The summed E-state index contributed by atoms with van der Waals surface area (Å²) in [5, 5.41) is 1.08.